The Morgan fingerprint density at radius 3 is 2.71 bits per heavy atom. The Balaban J connectivity index is 2.02. The molecule has 1 heterocycles. The van der Waals surface area contributed by atoms with Gasteiger partial charge in [0.1, 0.15) is 0 Å². The molecule has 1 saturated heterocycles. The standard InChI is InChI=1S/C12H14N2O2S/c15-14(16)9-10-6-7-13(12(17)8-10)11-4-2-1-3-5-11/h1-5,10H,6-9H2. The van der Waals surface area contributed by atoms with Crippen molar-refractivity contribution in [2.75, 3.05) is 18.0 Å². The summed E-state index contributed by atoms with van der Waals surface area (Å²) in [5.74, 6) is 0.0949. The zero-order valence-corrected chi connectivity index (χ0v) is 10.2. The van der Waals surface area contributed by atoms with E-state index in [1.54, 1.807) is 0 Å². The fourth-order valence-electron chi connectivity index (χ4n) is 2.14. The van der Waals surface area contributed by atoms with Crippen LogP contribution in [-0.2, 0) is 0 Å². The molecule has 5 heteroatoms. The summed E-state index contributed by atoms with van der Waals surface area (Å²) in [5, 5.41) is 10.5. The molecule has 2 rings (SSSR count). The molecule has 0 amide bonds. The Labute approximate surface area is 105 Å². The van der Waals surface area contributed by atoms with Crippen molar-refractivity contribution in [2.45, 2.75) is 12.8 Å². The van der Waals surface area contributed by atoms with Gasteiger partial charge in [-0.25, -0.2) is 0 Å². The molecule has 90 valence electrons. The van der Waals surface area contributed by atoms with Crippen LogP contribution in [0.1, 0.15) is 12.8 Å². The predicted molar refractivity (Wildman–Crippen MR) is 71.0 cm³/mol. The van der Waals surface area contributed by atoms with Crippen LogP contribution < -0.4 is 4.90 Å². The van der Waals surface area contributed by atoms with Gasteiger partial charge in [-0.2, -0.15) is 0 Å². The predicted octanol–water partition coefficient (Wildman–Crippen LogP) is 2.51. The molecule has 0 spiro atoms. The first kappa shape index (κ1) is 12.0. The van der Waals surface area contributed by atoms with Gasteiger partial charge in [0.15, 0.2) is 0 Å². The average molecular weight is 250 g/mol. The number of anilines is 1. The van der Waals surface area contributed by atoms with Gasteiger partial charge in [0, 0.05) is 29.5 Å². The number of hydrogen-bond acceptors (Lipinski definition) is 3. The van der Waals surface area contributed by atoms with E-state index in [-0.39, 0.29) is 17.4 Å². The maximum Gasteiger partial charge on any atom is 0.207 e. The molecule has 4 nitrogen and oxygen atoms in total. The van der Waals surface area contributed by atoms with E-state index in [1.165, 1.54) is 0 Å². The molecule has 0 aliphatic carbocycles. The third kappa shape index (κ3) is 3.00. The lowest BCUT2D eigenvalue weighted by molar-refractivity contribution is -0.488. The molecule has 17 heavy (non-hydrogen) atoms. The van der Waals surface area contributed by atoms with Crippen LogP contribution in [0.15, 0.2) is 30.3 Å². The number of piperidine rings is 1. The Kier molecular flexibility index (Phi) is 3.68. The van der Waals surface area contributed by atoms with Gasteiger partial charge in [-0.05, 0) is 18.6 Å². The lowest BCUT2D eigenvalue weighted by Crippen LogP contribution is -2.39. The minimum atomic E-state index is -0.245. The second kappa shape index (κ2) is 5.23. The molecule has 1 aromatic carbocycles. The zero-order valence-electron chi connectivity index (χ0n) is 9.41. The average Bonchev–Trinajstić information content (AvgIpc) is 2.29. The Morgan fingerprint density at radius 1 is 1.41 bits per heavy atom. The highest BCUT2D eigenvalue weighted by atomic mass is 32.1. The Hall–Kier alpha value is -1.49. The number of rotatable bonds is 3. The van der Waals surface area contributed by atoms with Gasteiger partial charge < -0.3 is 4.90 Å². The smallest absolute Gasteiger partial charge is 0.207 e. The van der Waals surface area contributed by atoms with Crippen LogP contribution in [0.4, 0.5) is 5.69 Å². The fourth-order valence-corrected chi connectivity index (χ4v) is 2.58. The Bertz CT molecular complexity index is 422. The lowest BCUT2D eigenvalue weighted by Gasteiger charge is -2.32. The van der Waals surface area contributed by atoms with Gasteiger partial charge in [-0.3, -0.25) is 10.1 Å². The summed E-state index contributed by atoms with van der Waals surface area (Å²) in [7, 11) is 0. The second-order valence-corrected chi connectivity index (χ2v) is 4.73. The van der Waals surface area contributed by atoms with Crippen LogP contribution in [-0.4, -0.2) is 23.0 Å². The Morgan fingerprint density at radius 2 is 2.12 bits per heavy atom. The second-order valence-electron chi connectivity index (χ2n) is 4.26. The van der Waals surface area contributed by atoms with Gasteiger partial charge in [0.25, 0.3) is 0 Å². The van der Waals surface area contributed by atoms with Gasteiger partial charge in [0.2, 0.25) is 6.54 Å². The molecule has 1 unspecified atom stereocenters. The van der Waals surface area contributed by atoms with Crippen molar-refractivity contribution in [1.29, 1.82) is 0 Å². The van der Waals surface area contributed by atoms with Gasteiger partial charge in [-0.1, -0.05) is 30.4 Å². The molecule has 0 radical (unpaired) electrons. The van der Waals surface area contributed by atoms with Gasteiger partial charge in [-0.15, -0.1) is 0 Å². The van der Waals surface area contributed by atoms with Crippen LogP contribution in [0.2, 0.25) is 0 Å². The highest BCUT2D eigenvalue weighted by Crippen LogP contribution is 2.25. The molecule has 0 N–H and O–H groups in total. The van der Waals surface area contributed by atoms with E-state index in [1.807, 2.05) is 30.3 Å². The normalized spacial score (nSPS) is 20.4. The summed E-state index contributed by atoms with van der Waals surface area (Å²) in [6.45, 7) is 0.810. The highest BCUT2D eigenvalue weighted by molar-refractivity contribution is 7.80. The summed E-state index contributed by atoms with van der Waals surface area (Å²) in [6.07, 6.45) is 1.47. The molecule has 1 aliphatic heterocycles. The monoisotopic (exact) mass is 250 g/mol. The quantitative estimate of drug-likeness (QED) is 0.470. The number of thiocarbonyl (C=S) groups is 1. The molecular weight excluding hydrogens is 236 g/mol. The van der Waals surface area contributed by atoms with E-state index < -0.39 is 0 Å². The van der Waals surface area contributed by atoms with E-state index in [2.05, 4.69) is 4.90 Å². The fraction of sp³-hybridized carbons (Fsp3) is 0.417. The number of nitro groups is 1. The molecule has 1 aliphatic rings. The number of benzene rings is 1. The lowest BCUT2D eigenvalue weighted by atomic mass is 9.96. The zero-order chi connectivity index (χ0) is 12.3. The first-order valence-corrected chi connectivity index (χ1v) is 6.05. The SMILES string of the molecule is O=[N+]([O-])CC1CCN(c2ccccc2)C(=S)C1. The van der Waals surface area contributed by atoms with E-state index in [0.29, 0.717) is 6.42 Å². The summed E-state index contributed by atoms with van der Waals surface area (Å²) in [4.78, 5) is 13.1. The van der Waals surface area contributed by atoms with Crippen molar-refractivity contribution < 1.29 is 4.92 Å². The van der Waals surface area contributed by atoms with Crippen molar-refractivity contribution >= 4 is 22.9 Å². The largest absolute Gasteiger partial charge is 0.336 e. The summed E-state index contributed by atoms with van der Waals surface area (Å²) >= 11 is 5.34. The third-order valence-electron chi connectivity index (χ3n) is 3.00. The summed E-state index contributed by atoms with van der Waals surface area (Å²) in [5.41, 5.74) is 1.08. The number of hydrogen-bond donors (Lipinski definition) is 0. The molecule has 0 aromatic heterocycles. The molecular formula is C12H14N2O2S. The van der Waals surface area contributed by atoms with Crippen LogP contribution in [0.25, 0.3) is 0 Å². The topological polar surface area (TPSA) is 46.4 Å². The summed E-state index contributed by atoms with van der Waals surface area (Å²) < 4.78 is 0. The van der Waals surface area contributed by atoms with Crippen LogP contribution in [0.3, 0.4) is 0 Å². The van der Waals surface area contributed by atoms with E-state index >= 15 is 0 Å². The summed E-state index contributed by atoms with van der Waals surface area (Å²) in [6, 6.07) is 9.94. The minimum absolute atomic E-state index is 0.0305. The van der Waals surface area contributed by atoms with Crippen LogP contribution >= 0.6 is 12.2 Å². The molecule has 1 aromatic rings. The molecule has 1 fully saturated rings. The van der Waals surface area contributed by atoms with Crippen molar-refractivity contribution in [2.24, 2.45) is 5.92 Å². The highest BCUT2D eigenvalue weighted by Gasteiger charge is 2.26. The maximum absolute atomic E-state index is 10.5. The van der Waals surface area contributed by atoms with Crippen molar-refractivity contribution in [1.82, 2.24) is 0 Å². The minimum Gasteiger partial charge on any atom is -0.336 e. The molecule has 1 atom stereocenters. The van der Waals surface area contributed by atoms with Gasteiger partial charge in [0.05, 0.1) is 4.99 Å². The van der Waals surface area contributed by atoms with Crippen LogP contribution in [0.5, 0.6) is 0 Å². The molecule has 0 bridgehead atoms. The van der Waals surface area contributed by atoms with Crippen molar-refractivity contribution in [3.8, 4) is 0 Å². The molecule has 0 saturated carbocycles. The first-order chi connectivity index (χ1) is 8.16. The van der Waals surface area contributed by atoms with Crippen molar-refractivity contribution in [3.63, 3.8) is 0 Å². The van der Waals surface area contributed by atoms with E-state index in [4.69, 9.17) is 12.2 Å². The number of para-hydroxylation sites is 1. The first-order valence-electron chi connectivity index (χ1n) is 5.64. The van der Waals surface area contributed by atoms with E-state index in [9.17, 15) is 10.1 Å². The number of nitrogens with zero attached hydrogens (tertiary/aromatic N) is 2. The van der Waals surface area contributed by atoms with Gasteiger partial charge >= 0.3 is 0 Å². The van der Waals surface area contributed by atoms with Crippen LogP contribution in [0, 0.1) is 16.0 Å². The maximum atomic E-state index is 10.5. The van der Waals surface area contributed by atoms with Crippen molar-refractivity contribution in [3.05, 3.63) is 40.4 Å². The third-order valence-corrected chi connectivity index (χ3v) is 3.39. The van der Waals surface area contributed by atoms with E-state index in [0.717, 1.165) is 23.6 Å².